The number of carbonyl (C=O) groups excluding carboxylic acids is 2. The van der Waals surface area contributed by atoms with Crippen LogP contribution in [0.3, 0.4) is 0 Å². The molecule has 7 heteroatoms. The first-order valence-corrected chi connectivity index (χ1v) is 6.67. The van der Waals surface area contributed by atoms with Crippen LogP contribution in [0.5, 0.6) is 0 Å². The summed E-state index contributed by atoms with van der Waals surface area (Å²) in [7, 11) is 1.50. The fourth-order valence-corrected chi connectivity index (χ4v) is 2.97. The molecule has 0 fully saturated rings. The van der Waals surface area contributed by atoms with Gasteiger partial charge >= 0.3 is 76.9 Å². The zero-order valence-electron chi connectivity index (χ0n) is 9.23. The molecular formula is C9H15N2O4Ti. The number of rotatable bonds is 5. The Morgan fingerprint density at radius 2 is 1.69 bits per heavy atom. The minimum atomic E-state index is -2.00. The van der Waals surface area contributed by atoms with Crippen molar-refractivity contribution < 1.29 is 38.2 Å². The number of allylic oxidation sites excluding steroid dienone is 4. The molecule has 0 aromatic carbocycles. The van der Waals surface area contributed by atoms with Crippen molar-refractivity contribution in [2.45, 2.75) is 6.42 Å². The Bertz CT molecular complexity index is 234. The molecule has 2 amide bonds. The second-order valence-electron chi connectivity index (χ2n) is 2.22. The molecular weight excluding hydrogens is 248 g/mol. The molecule has 0 aromatic heterocycles. The van der Waals surface area contributed by atoms with Crippen LogP contribution in [-0.4, -0.2) is 27.0 Å². The van der Waals surface area contributed by atoms with Gasteiger partial charge in [-0.2, -0.15) is 14.2 Å². The van der Waals surface area contributed by atoms with Crippen LogP contribution >= 0.6 is 0 Å². The Hall–Kier alpha value is -0.946. The van der Waals surface area contributed by atoms with E-state index in [1.54, 1.807) is 0 Å². The van der Waals surface area contributed by atoms with Crippen LogP contribution in [0, 0.1) is 0 Å². The van der Waals surface area contributed by atoms with Gasteiger partial charge in [0, 0.05) is 0 Å². The summed E-state index contributed by atoms with van der Waals surface area (Å²) in [6, 6.07) is 0. The summed E-state index contributed by atoms with van der Waals surface area (Å²) in [5, 5.41) is 16.5. The molecule has 0 bridgehead atoms. The molecule has 0 unspecified atom stereocenters. The Kier molecular flexibility index (Phi) is 15.3. The van der Waals surface area contributed by atoms with Gasteiger partial charge in [0.1, 0.15) is 0 Å². The number of hydrogen-bond donors (Lipinski definition) is 2. The van der Waals surface area contributed by atoms with Crippen molar-refractivity contribution in [3.8, 4) is 0 Å². The molecule has 0 aliphatic heterocycles. The summed E-state index contributed by atoms with van der Waals surface area (Å²) in [5.41, 5.74) is 0. The van der Waals surface area contributed by atoms with E-state index in [1.165, 1.54) is 0 Å². The van der Waals surface area contributed by atoms with Crippen molar-refractivity contribution in [2.75, 3.05) is 14.2 Å². The monoisotopic (exact) mass is 263 g/mol. The average Bonchev–Trinajstić information content (AvgIpc) is 2.88. The Balaban J connectivity index is 0. The van der Waals surface area contributed by atoms with Gasteiger partial charge in [-0.3, -0.25) is 0 Å². The van der Waals surface area contributed by atoms with Crippen LogP contribution in [0.25, 0.3) is 0 Å². The Labute approximate surface area is 101 Å². The van der Waals surface area contributed by atoms with Gasteiger partial charge in [0.05, 0.1) is 0 Å². The molecule has 2 N–H and O–H groups in total. The summed E-state index contributed by atoms with van der Waals surface area (Å²) in [6.07, 6.45) is 8.01. The molecule has 89 valence electrons. The quantitative estimate of drug-likeness (QED) is 0.431. The molecule has 0 heterocycles. The molecule has 0 atom stereocenters. The second kappa shape index (κ2) is 14.1. The van der Waals surface area contributed by atoms with E-state index < -0.39 is 18.4 Å². The van der Waals surface area contributed by atoms with Crippen LogP contribution in [-0.2, 0) is 28.0 Å². The summed E-state index contributed by atoms with van der Waals surface area (Å²) < 4.78 is 6.47. The summed E-state index contributed by atoms with van der Waals surface area (Å²) in [5.74, 6) is 0. The number of amides is 2. The van der Waals surface area contributed by atoms with Crippen molar-refractivity contribution in [3.63, 3.8) is 0 Å². The summed E-state index contributed by atoms with van der Waals surface area (Å²) >= 11 is -2.00. The van der Waals surface area contributed by atoms with Gasteiger partial charge in [-0.15, -0.1) is 0 Å². The van der Waals surface area contributed by atoms with Crippen LogP contribution < -0.4 is 17.8 Å². The fraction of sp³-hybridized carbons (Fsp3) is 0.333. The normalized spacial score (nSPS) is 10.9. The average molecular weight is 263 g/mol. The van der Waals surface area contributed by atoms with Crippen molar-refractivity contribution >= 4 is 12.8 Å². The van der Waals surface area contributed by atoms with Crippen molar-refractivity contribution in [1.29, 1.82) is 0 Å². The first-order valence-electron chi connectivity index (χ1n) is 4.33. The second-order valence-corrected chi connectivity index (χ2v) is 5.30. The standard InChI is InChI=1S/C5H5.2CH3NO.2CH3O.Ti/c1-2-4-5-3-1;2*2-1-3;2*1-2;/h1-3H,4H2;2*1H,(H2,2,3);2*1H3;/q;;;2*-1;+4/p-2. The zero-order valence-corrected chi connectivity index (χ0v) is 10.8. The van der Waals surface area contributed by atoms with Gasteiger partial charge < -0.3 is 10.2 Å². The molecule has 6 nitrogen and oxygen atoms in total. The van der Waals surface area contributed by atoms with Gasteiger partial charge in [-0.25, -0.2) is 0 Å². The van der Waals surface area contributed by atoms with Crippen molar-refractivity contribution in [2.24, 2.45) is 0 Å². The van der Waals surface area contributed by atoms with Crippen LogP contribution in [0.1, 0.15) is 6.42 Å². The maximum atomic E-state index is 10.2. The van der Waals surface area contributed by atoms with E-state index in [0.717, 1.165) is 24.5 Å². The Morgan fingerprint density at radius 1 is 1.19 bits per heavy atom. The van der Waals surface area contributed by atoms with E-state index in [9.17, 15) is 9.59 Å². The van der Waals surface area contributed by atoms with Gasteiger partial charge in [-0.1, -0.05) is 0 Å². The molecule has 0 spiro atoms. The van der Waals surface area contributed by atoms with Gasteiger partial charge in [0.15, 0.2) is 0 Å². The fourth-order valence-electron chi connectivity index (χ4n) is 0.978. The summed E-state index contributed by atoms with van der Waals surface area (Å²) in [6.45, 7) is 0. The van der Waals surface area contributed by atoms with Gasteiger partial charge in [0.2, 0.25) is 0 Å². The van der Waals surface area contributed by atoms with Crippen molar-refractivity contribution in [1.82, 2.24) is 7.60 Å². The van der Waals surface area contributed by atoms with E-state index in [2.05, 4.69) is 7.60 Å². The number of hydrogen-bond acceptors (Lipinski definition) is 4. The first-order chi connectivity index (χ1) is 7.88. The number of nitrogens with one attached hydrogen (secondary N) is 2. The third kappa shape index (κ3) is 7.36. The van der Waals surface area contributed by atoms with Crippen LogP contribution in [0.4, 0.5) is 0 Å². The third-order valence-electron chi connectivity index (χ3n) is 1.50. The van der Waals surface area contributed by atoms with Crippen LogP contribution in [0.15, 0.2) is 22.1 Å². The molecule has 1 aliphatic carbocycles. The molecule has 1 aliphatic rings. The minimum absolute atomic E-state index is 0.644. The first kappa shape index (κ1) is 17.4. The molecule has 0 aromatic rings. The molecule has 0 radical (unpaired) electrons. The van der Waals surface area contributed by atoms with Gasteiger partial charge in [0.25, 0.3) is 0 Å². The zero-order chi connectivity index (χ0) is 12.8. The molecule has 1 rings (SSSR count). The SMILES string of the molecule is C[O-].C[O-].O=C[NH][Ti+2]([NH]C=O)[C]1=CC=CC1. The van der Waals surface area contributed by atoms with E-state index in [0.29, 0.717) is 12.8 Å². The topological polar surface area (TPSA) is 104 Å². The third-order valence-corrected chi connectivity index (χ3v) is 4.35. The molecule has 16 heavy (non-hydrogen) atoms. The predicted molar refractivity (Wildman–Crippen MR) is 52.1 cm³/mol. The van der Waals surface area contributed by atoms with Gasteiger partial charge in [-0.05, 0) is 0 Å². The van der Waals surface area contributed by atoms with Crippen molar-refractivity contribution in [3.05, 3.63) is 22.1 Å². The predicted octanol–water partition coefficient (Wildman–Crippen LogP) is -2.28. The van der Waals surface area contributed by atoms with Crippen LogP contribution in [0.2, 0.25) is 0 Å². The van der Waals surface area contributed by atoms with E-state index in [1.807, 2.05) is 18.2 Å². The number of carbonyl (C=O) groups is 2. The molecule has 0 saturated heterocycles. The van der Waals surface area contributed by atoms with E-state index in [4.69, 9.17) is 10.2 Å². The van der Waals surface area contributed by atoms with E-state index >= 15 is 0 Å². The summed E-state index contributed by atoms with van der Waals surface area (Å²) in [4.78, 5) is 20.3. The Morgan fingerprint density at radius 3 is 2.00 bits per heavy atom. The molecule has 0 saturated carbocycles. The maximum absolute atomic E-state index is 10.2. The van der Waals surface area contributed by atoms with E-state index in [-0.39, 0.29) is 0 Å².